The highest BCUT2D eigenvalue weighted by atomic mass is 16.2. The third kappa shape index (κ3) is 3.34. The van der Waals surface area contributed by atoms with E-state index in [4.69, 9.17) is 0 Å². The van der Waals surface area contributed by atoms with E-state index in [2.05, 4.69) is 22.2 Å². The quantitative estimate of drug-likeness (QED) is 0.870. The van der Waals surface area contributed by atoms with Gasteiger partial charge in [-0.25, -0.2) is 0 Å². The van der Waals surface area contributed by atoms with Gasteiger partial charge in [0, 0.05) is 37.2 Å². The van der Waals surface area contributed by atoms with Crippen molar-refractivity contribution < 1.29 is 9.59 Å². The largest absolute Gasteiger partial charge is 0.360 e. The Hall–Kier alpha value is -2.34. The van der Waals surface area contributed by atoms with Crippen LogP contribution in [0.15, 0.2) is 30.5 Å². The smallest absolute Gasteiger partial charge is 0.256 e. The zero-order valence-electron chi connectivity index (χ0n) is 16.1. The second-order valence-corrected chi connectivity index (χ2v) is 7.98. The summed E-state index contributed by atoms with van der Waals surface area (Å²) in [6.45, 7) is 3.32. The van der Waals surface area contributed by atoms with Gasteiger partial charge in [0.25, 0.3) is 5.91 Å². The van der Waals surface area contributed by atoms with Crippen LogP contribution in [-0.4, -0.2) is 66.9 Å². The highest BCUT2D eigenvalue weighted by Gasteiger charge is 2.43. The summed E-state index contributed by atoms with van der Waals surface area (Å²) in [5.41, 5.74) is 1.67. The maximum atomic E-state index is 13.2. The minimum Gasteiger partial charge on any atom is -0.360 e. The molecule has 2 aliphatic heterocycles. The predicted molar refractivity (Wildman–Crippen MR) is 105 cm³/mol. The summed E-state index contributed by atoms with van der Waals surface area (Å²) in [5, 5.41) is 3.76. The van der Waals surface area contributed by atoms with Gasteiger partial charge in [-0.05, 0) is 50.9 Å². The van der Waals surface area contributed by atoms with Crippen molar-refractivity contribution in [2.75, 3.05) is 40.3 Å². The van der Waals surface area contributed by atoms with Crippen molar-refractivity contribution in [3.05, 3.63) is 36.0 Å². The van der Waals surface area contributed by atoms with E-state index in [0.29, 0.717) is 24.6 Å². The van der Waals surface area contributed by atoms with Crippen LogP contribution in [0.2, 0.25) is 0 Å². The molecule has 2 unspecified atom stereocenters. The van der Waals surface area contributed by atoms with Crippen LogP contribution in [0.3, 0.4) is 0 Å². The standard InChI is InChI=1S/C21H28N4O2/c1-22-20(26)18-13-25(12-17(18)14-7-9-24(2)10-8-14)21(27)16-11-23-19-6-4-3-5-15(16)19/h3-6,11,14,17-18,23H,7-10,12-13H2,1-2H3,(H,22,26). The van der Waals surface area contributed by atoms with E-state index in [1.54, 1.807) is 13.2 Å². The number of hydrogen-bond donors (Lipinski definition) is 2. The number of nitrogens with one attached hydrogen (secondary N) is 2. The molecule has 3 heterocycles. The molecule has 0 spiro atoms. The Morgan fingerprint density at radius 3 is 2.63 bits per heavy atom. The Morgan fingerprint density at radius 1 is 1.15 bits per heavy atom. The van der Waals surface area contributed by atoms with Crippen LogP contribution in [0.4, 0.5) is 0 Å². The maximum absolute atomic E-state index is 13.2. The number of carbonyl (C=O) groups excluding carboxylic acids is 2. The Kier molecular flexibility index (Phi) is 4.91. The number of rotatable bonds is 3. The molecule has 2 atom stereocenters. The first-order valence-corrected chi connectivity index (χ1v) is 9.84. The van der Waals surface area contributed by atoms with Crippen molar-refractivity contribution in [2.24, 2.45) is 17.8 Å². The molecule has 0 radical (unpaired) electrons. The van der Waals surface area contributed by atoms with Crippen LogP contribution in [0.25, 0.3) is 10.9 Å². The van der Waals surface area contributed by atoms with E-state index in [9.17, 15) is 9.59 Å². The van der Waals surface area contributed by atoms with Crippen LogP contribution in [-0.2, 0) is 4.79 Å². The van der Waals surface area contributed by atoms with Gasteiger partial charge in [0.2, 0.25) is 5.91 Å². The molecule has 1 aromatic carbocycles. The number of piperidine rings is 1. The Morgan fingerprint density at radius 2 is 1.89 bits per heavy atom. The van der Waals surface area contributed by atoms with Gasteiger partial charge in [0.05, 0.1) is 11.5 Å². The zero-order valence-corrected chi connectivity index (χ0v) is 16.1. The molecule has 27 heavy (non-hydrogen) atoms. The van der Waals surface area contributed by atoms with Crippen molar-refractivity contribution >= 4 is 22.7 Å². The Labute approximate surface area is 159 Å². The number of H-pyrrole nitrogens is 1. The normalized spacial score (nSPS) is 24.4. The summed E-state index contributed by atoms with van der Waals surface area (Å²) in [6, 6.07) is 7.86. The van der Waals surface area contributed by atoms with Crippen LogP contribution in [0.5, 0.6) is 0 Å². The van der Waals surface area contributed by atoms with Gasteiger partial charge in [-0.15, -0.1) is 0 Å². The fourth-order valence-corrected chi connectivity index (χ4v) is 4.81. The molecule has 4 rings (SSSR count). The molecule has 6 heteroatoms. The molecule has 1 aromatic heterocycles. The van der Waals surface area contributed by atoms with Crippen molar-refractivity contribution in [1.82, 2.24) is 20.1 Å². The minimum absolute atomic E-state index is 0.0248. The average molecular weight is 368 g/mol. The number of para-hydroxylation sites is 1. The molecule has 144 valence electrons. The third-order valence-corrected chi connectivity index (χ3v) is 6.42. The number of aromatic nitrogens is 1. The van der Waals surface area contributed by atoms with Gasteiger partial charge >= 0.3 is 0 Å². The minimum atomic E-state index is -0.113. The van der Waals surface area contributed by atoms with Crippen LogP contribution >= 0.6 is 0 Å². The summed E-state index contributed by atoms with van der Waals surface area (Å²) in [7, 11) is 3.84. The average Bonchev–Trinajstić information content (AvgIpc) is 3.32. The topological polar surface area (TPSA) is 68.4 Å². The lowest BCUT2D eigenvalue weighted by Gasteiger charge is -2.34. The van der Waals surface area contributed by atoms with Crippen LogP contribution < -0.4 is 5.32 Å². The molecular weight excluding hydrogens is 340 g/mol. The van der Waals surface area contributed by atoms with E-state index < -0.39 is 0 Å². The molecule has 2 saturated heterocycles. The van der Waals surface area contributed by atoms with Crippen LogP contribution in [0.1, 0.15) is 23.2 Å². The Balaban J connectivity index is 1.56. The molecule has 2 aliphatic rings. The number of likely N-dealkylation sites (tertiary alicyclic amines) is 2. The second kappa shape index (κ2) is 7.35. The number of aromatic amines is 1. The molecular formula is C21H28N4O2. The van der Waals surface area contributed by atoms with Crippen molar-refractivity contribution in [3.63, 3.8) is 0 Å². The Bertz CT molecular complexity index is 838. The first-order chi connectivity index (χ1) is 13.1. The molecule has 0 bridgehead atoms. The lowest BCUT2D eigenvalue weighted by atomic mass is 9.78. The number of nitrogens with zero attached hydrogens (tertiary/aromatic N) is 2. The molecule has 0 saturated carbocycles. The zero-order chi connectivity index (χ0) is 19.0. The molecule has 2 aromatic rings. The monoisotopic (exact) mass is 368 g/mol. The van der Waals surface area contributed by atoms with Gasteiger partial charge in [0.1, 0.15) is 0 Å². The van der Waals surface area contributed by atoms with Gasteiger partial charge < -0.3 is 20.1 Å². The molecule has 2 N–H and O–H groups in total. The molecule has 2 fully saturated rings. The molecule has 2 amide bonds. The van der Waals surface area contributed by atoms with Crippen molar-refractivity contribution in [3.8, 4) is 0 Å². The summed E-state index contributed by atoms with van der Waals surface area (Å²) in [4.78, 5) is 33.2. The molecule has 0 aliphatic carbocycles. The number of hydrogen-bond acceptors (Lipinski definition) is 3. The fraction of sp³-hybridized carbons (Fsp3) is 0.524. The number of amides is 2. The fourth-order valence-electron chi connectivity index (χ4n) is 4.81. The van der Waals surface area contributed by atoms with Crippen LogP contribution in [0, 0.1) is 17.8 Å². The van der Waals surface area contributed by atoms with Gasteiger partial charge in [-0.2, -0.15) is 0 Å². The first-order valence-electron chi connectivity index (χ1n) is 9.84. The summed E-state index contributed by atoms with van der Waals surface area (Å²) < 4.78 is 0. The predicted octanol–water partition coefficient (Wildman–Crippen LogP) is 1.94. The number of benzene rings is 1. The third-order valence-electron chi connectivity index (χ3n) is 6.42. The van der Waals surface area contributed by atoms with E-state index in [1.165, 1.54) is 0 Å². The highest BCUT2D eigenvalue weighted by Crippen LogP contribution is 2.36. The van der Waals surface area contributed by atoms with Gasteiger partial charge in [0.15, 0.2) is 0 Å². The highest BCUT2D eigenvalue weighted by molar-refractivity contribution is 6.07. The van der Waals surface area contributed by atoms with Crippen molar-refractivity contribution in [1.29, 1.82) is 0 Å². The van der Waals surface area contributed by atoms with Gasteiger partial charge in [-0.3, -0.25) is 9.59 Å². The second-order valence-electron chi connectivity index (χ2n) is 7.98. The van der Waals surface area contributed by atoms with Gasteiger partial charge in [-0.1, -0.05) is 18.2 Å². The summed E-state index contributed by atoms with van der Waals surface area (Å²) in [6.07, 6.45) is 4.00. The van der Waals surface area contributed by atoms with E-state index in [1.807, 2.05) is 29.2 Å². The lowest BCUT2D eigenvalue weighted by Crippen LogP contribution is -2.39. The summed E-state index contributed by atoms with van der Waals surface area (Å²) in [5.74, 6) is 0.722. The van der Waals surface area contributed by atoms with E-state index in [-0.39, 0.29) is 23.7 Å². The SMILES string of the molecule is CNC(=O)C1CN(C(=O)c2c[nH]c3ccccc23)CC1C1CCN(C)CC1. The number of carbonyl (C=O) groups is 2. The maximum Gasteiger partial charge on any atom is 0.256 e. The number of fused-ring (bicyclic) bond motifs is 1. The van der Waals surface area contributed by atoms with E-state index in [0.717, 1.165) is 36.8 Å². The first kappa shape index (κ1) is 18.0. The summed E-state index contributed by atoms with van der Waals surface area (Å²) >= 11 is 0. The van der Waals surface area contributed by atoms with E-state index >= 15 is 0 Å². The lowest BCUT2D eigenvalue weighted by molar-refractivity contribution is -0.125. The van der Waals surface area contributed by atoms with Crippen molar-refractivity contribution in [2.45, 2.75) is 12.8 Å². The molecule has 6 nitrogen and oxygen atoms in total.